The standard InChI is InChI=1S/C10H16N4O/c1-4-5-6-15-10-7(2)9(14-11)12-8(3)13-10/h4-5H,6,11H2,1-3H3,(H,12,13,14)/b5-4+. The van der Waals surface area contributed by atoms with Gasteiger partial charge in [-0.15, -0.1) is 0 Å². The quantitative estimate of drug-likeness (QED) is 0.443. The second kappa shape index (κ2) is 5.31. The summed E-state index contributed by atoms with van der Waals surface area (Å²) >= 11 is 0. The first-order valence-electron chi connectivity index (χ1n) is 4.74. The maximum atomic E-state index is 5.47. The van der Waals surface area contributed by atoms with Crippen molar-refractivity contribution < 1.29 is 4.74 Å². The van der Waals surface area contributed by atoms with Crippen LogP contribution < -0.4 is 16.0 Å². The number of nitrogen functional groups attached to an aromatic ring is 1. The summed E-state index contributed by atoms with van der Waals surface area (Å²) in [7, 11) is 0. The van der Waals surface area contributed by atoms with Crippen molar-refractivity contribution in [1.82, 2.24) is 9.97 Å². The Kier molecular flexibility index (Phi) is 4.05. The maximum Gasteiger partial charge on any atom is 0.222 e. The van der Waals surface area contributed by atoms with Crippen LogP contribution in [0.5, 0.6) is 5.88 Å². The number of nitrogens with zero attached hydrogens (tertiary/aromatic N) is 2. The van der Waals surface area contributed by atoms with Crippen LogP contribution in [0.15, 0.2) is 12.2 Å². The largest absolute Gasteiger partial charge is 0.473 e. The molecule has 0 bridgehead atoms. The fourth-order valence-electron chi connectivity index (χ4n) is 1.11. The first kappa shape index (κ1) is 11.5. The third-order valence-corrected chi connectivity index (χ3v) is 1.90. The lowest BCUT2D eigenvalue weighted by molar-refractivity contribution is 0.344. The molecular formula is C10H16N4O. The van der Waals surface area contributed by atoms with Crippen molar-refractivity contribution >= 4 is 5.82 Å². The average Bonchev–Trinajstić information content (AvgIpc) is 2.23. The third-order valence-electron chi connectivity index (χ3n) is 1.90. The fourth-order valence-corrected chi connectivity index (χ4v) is 1.11. The van der Waals surface area contributed by atoms with Crippen molar-refractivity contribution in [2.45, 2.75) is 20.8 Å². The molecule has 0 aliphatic heterocycles. The van der Waals surface area contributed by atoms with E-state index in [1.807, 2.05) is 26.0 Å². The molecule has 5 heteroatoms. The van der Waals surface area contributed by atoms with Crippen molar-refractivity contribution in [3.8, 4) is 5.88 Å². The number of aromatic nitrogens is 2. The summed E-state index contributed by atoms with van der Waals surface area (Å²) in [6.07, 6.45) is 3.83. The lowest BCUT2D eigenvalue weighted by Gasteiger charge is -2.10. The second-order valence-electron chi connectivity index (χ2n) is 3.07. The number of ether oxygens (including phenoxy) is 1. The Hall–Kier alpha value is -1.62. The van der Waals surface area contributed by atoms with Crippen LogP contribution in [0, 0.1) is 13.8 Å². The van der Waals surface area contributed by atoms with Gasteiger partial charge >= 0.3 is 0 Å². The molecule has 0 atom stereocenters. The highest BCUT2D eigenvalue weighted by Gasteiger charge is 2.08. The van der Waals surface area contributed by atoms with E-state index in [-0.39, 0.29) is 0 Å². The average molecular weight is 208 g/mol. The number of anilines is 1. The van der Waals surface area contributed by atoms with E-state index in [1.165, 1.54) is 0 Å². The topological polar surface area (TPSA) is 73.1 Å². The van der Waals surface area contributed by atoms with Crippen LogP contribution in [-0.4, -0.2) is 16.6 Å². The Morgan fingerprint density at radius 3 is 2.73 bits per heavy atom. The van der Waals surface area contributed by atoms with E-state index in [1.54, 1.807) is 6.92 Å². The van der Waals surface area contributed by atoms with Crippen LogP contribution >= 0.6 is 0 Å². The van der Waals surface area contributed by atoms with Crippen molar-refractivity contribution in [1.29, 1.82) is 0 Å². The molecule has 3 N–H and O–H groups in total. The van der Waals surface area contributed by atoms with Gasteiger partial charge in [0.05, 0.1) is 5.56 Å². The number of aryl methyl sites for hydroxylation is 1. The van der Waals surface area contributed by atoms with E-state index >= 15 is 0 Å². The first-order valence-corrected chi connectivity index (χ1v) is 4.74. The summed E-state index contributed by atoms with van der Waals surface area (Å²) in [5.41, 5.74) is 3.33. The van der Waals surface area contributed by atoms with Gasteiger partial charge in [0.2, 0.25) is 5.88 Å². The number of rotatable bonds is 4. The highest BCUT2D eigenvalue weighted by molar-refractivity contribution is 5.47. The van der Waals surface area contributed by atoms with Gasteiger partial charge in [-0.1, -0.05) is 12.2 Å². The smallest absolute Gasteiger partial charge is 0.222 e. The molecule has 1 aromatic heterocycles. The summed E-state index contributed by atoms with van der Waals surface area (Å²) in [4.78, 5) is 8.33. The van der Waals surface area contributed by atoms with Gasteiger partial charge < -0.3 is 10.2 Å². The zero-order chi connectivity index (χ0) is 11.3. The molecule has 0 aliphatic rings. The lowest BCUT2D eigenvalue weighted by atomic mass is 10.3. The fraction of sp³-hybridized carbons (Fsp3) is 0.400. The Bertz CT molecular complexity index is 363. The van der Waals surface area contributed by atoms with Gasteiger partial charge in [-0.3, -0.25) is 0 Å². The molecule has 0 spiro atoms. The number of hydrazine groups is 1. The van der Waals surface area contributed by atoms with Crippen molar-refractivity contribution in [2.75, 3.05) is 12.0 Å². The molecule has 0 aliphatic carbocycles. The van der Waals surface area contributed by atoms with E-state index < -0.39 is 0 Å². The number of hydrogen-bond donors (Lipinski definition) is 2. The zero-order valence-corrected chi connectivity index (χ0v) is 9.24. The molecule has 0 amide bonds. The summed E-state index contributed by atoms with van der Waals surface area (Å²) in [5, 5.41) is 0. The Labute approximate surface area is 89.3 Å². The zero-order valence-electron chi connectivity index (χ0n) is 9.24. The van der Waals surface area contributed by atoms with Crippen LogP contribution in [-0.2, 0) is 0 Å². The molecule has 0 saturated carbocycles. The minimum atomic E-state index is 0.498. The number of nitrogens with two attached hydrogens (primary N) is 1. The molecule has 1 rings (SSSR count). The van der Waals surface area contributed by atoms with Crippen molar-refractivity contribution in [3.05, 3.63) is 23.5 Å². The normalized spacial score (nSPS) is 10.7. The van der Waals surface area contributed by atoms with Crippen LogP contribution in [0.3, 0.4) is 0 Å². The van der Waals surface area contributed by atoms with Gasteiger partial charge in [0.1, 0.15) is 18.2 Å². The van der Waals surface area contributed by atoms with Gasteiger partial charge in [-0.05, 0) is 20.8 Å². The van der Waals surface area contributed by atoms with E-state index in [2.05, 4.69) is 15.4 Å². The summed E-state index contributed by atoms with van der Waals surface area (Å²) < 4.78 is 5.47. The molecule has 0 fully saturated rings. The van der Waals surface area contributed by atoms with E-state index in [4.69, 9.17) is 10.6 Å². The molecule has 0 unspecified atom stereocenters. The number of allylic oxidation sites excluding steroid dienone is 1. The van der Waals surface area contributed by atoms with E-state index in [0.29, 0.717) is 24.1 Å². The molecule has 1 aromatic rings. The molecule has 5 nitrogen and oxygen atoms in total. The lowest BCUT2D eigenvalue weighted by Crippen LogP contribution is -2.13. The second-order valence-corrected chi connectivity index (χ2v) is 3.07. The molecule has 0 radical (unpaired) electrons. The SMILES string of the molecule is C/C=C/COc1nc(C)nc(NN)c1C. The summed E-state index contributed by atoms with van der Waals surface area (Å²) in [5.74, 6) is 7.12. The predicted molar refractivity (Wildman–Crippen MR) is 59.6 cm³/mol. The van der Waals surface area contributed by atoms with Gasteiger partial charge in [0.15, 0.2) is 0 Å². The monoisotopic (exact) mass is 208 g/mol. The first-order chi connectivity index (χ1) is 7.19. The minimum Gasteiger partial charge on any atom is -0.473 e. The minimum absolute atomic E-state index is 0.498. The molecule has 82 valence electrons. The van der Waals surface area contributed by atoms with Gasteiger partial charge in [-0.25, -0.2) is 10.8 Å². The van der Waals surface area contributed by atoms with Crippen molar-refractivity contribution in [2.24, 2.45) is 5.84 Å². The Balaban J connectivity index is 2.90. The molecule has 15 heavy (non-hydrogen) atoms. The highest BCUT2D eigenvalue weighted by atomic mass is 16.5. The van der Waals surface area contributed by atoms with E-state index in [9.17, 15) is 0 Å². The molecule has 0 aromatic carbocycles. The highest BCUT2D eigenvalue weighted by Crippen LogP contribution is 2.20. The Morgan fingerprint density at radius 1 is 1.40 bits per heavy atom. The predicted octanol–water partition coefficient (Wildman–Crippen LogP) is 1.33. The molecule has 0 saturated heterocycles. The van der Waals surface area contributed by atoms with Crippen LogP contribution in [0.4, 0.5) is 5.82 Å². The summed E-state index contributed by atoms with van der Waals surface area (Å²) in [6.45, 7) is 6.09. The van der Waals surface area contributed by atoms with Crippen LogP contribution in [0.2, 0.25) is 0 Å². The van der Waals surface area contributed by atoms with Gasteiger partial charge in [0.25, 0.3) is 0 Å². The summed E-state index contributed by atoms with van der Waals surface area (Å²) in [6, 6.07) is 0. The van der Waals surface area contributed by atoms with Gasteiger partial charge in [-0.2, -0.15) is 4.98 Å². The third kappa shape index (κ3) is 2.92. The van der Waals surface area contributed by atoms with Crippen molar-refractivity contribution in [3.63, 3.8) is 0 Å². The number of hydrogen-bond acceptors (Lipinski definition) is 5. The number of nitrogens with one attached hydrogen (secondary N) is 1. The van der Waals surface area contributed by atoms with Crippen LogP contribution in [0.25, 0.3) is 0 Å². The molecule has 1 heterocycles. The Morgan fingerprint density at radius 2 is 2.13 bits per heavy atom. The molecular weight excluding hydrogens is 192 g/mol. The van der Waals surface area contributed by atoms with Gasteiger partial charge in [0, 0.05) is 0 Å². The van der Waals surface area contributed by atoms with Crippen LogP contribution in [0.1, 0.15) is 18.3 Å². The van der Waals surface area contributed by atoms with E-state index in [0.717, 1.165) is 5.56 Å². The maximum absolute atomic E-state index is 5.47.